The number of carbonyl (C=O) groups excluding carboxylic acids is 2. The molecule has 0 atom stereocenters. The summed E-state index contributed by atoms with van der Waals surface area (Å²) in [6.07, 6.45) is 0. The van der Waals surface area contributed by atoms with Crippen molar-refractivity contribution in [3.05, 3.63) is 69.5 Å². The van der Waals surface area contributed by atoms with Crippen LogP contribution in [0.3, 0.4) is 0 Å². The molecule has 8 nitrogen and oxygen atoms in total. The third kappa shape index (κ3) is 4.76. The van der Waals surface area contributed by atoms with Crippen LogP contribution >= 0.6 is 0 Å². The molecule has 0 saturated carbocycles. The Hall–Kier alpha value is -3.49. The van der Waals surface area contributed by atoms with Crippen molar-refractivity contribution in [1.29, 1.82) is 0 Å². The number of nitrogens with zero attached hydrogens (tertiary/aromatic N) is 1. The van der Waals surface area contributed by atoms with Crippen LogP contribution in [0.5, 0.6) is 5.75 Å². The van der Waals surface area contributed by atoms with Crippen LogP contribution < -0.4 is 4.74 Å². The van der Waals surface area contributed by atoms with Gasteiger partial charge in [0.05, 0.1) is 23.2 Å². The number of nitro groups is 1. The van der Waals surface area contributed by atoms with E-state index in [0.29, 0.717) is 0 Å². The van der Waals surface area contributed by atoms with E-state index in [9.17, 15) is 24.1 Å². The Morgan fingerprint density at radius 1 is 1.08 bits per heavy atom. The van der Waals surface area contributed by atoms with Crippen LogP contribution in [-0.2, 0) is 9.47 Å². The third-order valence-electron chi connectivity index (χ3n) is 3.20. The first-order valence-electron chi connectivity index (χ1n) is 7.34. The van der Waals surface area contributed by atoms with Gasteiger partial charge in [-0.15, -0.1) is 0 Å². The molecule has 0 aliphatic carbocycles. The number of para-hydroxylation sites is 1. The predicted octanol–water partition coefficient (Wildman–Crippen LogP) is 2.76. The van der Waals surface area contributed by atoms with Gasteiger partial charge in [0.2, 0.25) is 0 Å². The van der Waals surface area contributed by atoms with Crippen molar-refractivity contribution in [1.82, 2.24) is 0 Å². The lowest BCUT2D eigenvalue weighted by atomic mass is 10.1. The number of rotatable bonds is 7. The number of nitro benzene ring substituents is 1. The number of ether oxygens (including phenoxy) is 3. The lowest BCUT2D eigenvalue weighted by Gasteiger charge is -2.08. The summed E-state index contributed by atoms with van der Waals surface area (Å²) in [6.45, 7) is -0.338. The lowest BCUT2D eigenvalue weighted by molar-refractivity contribution is -0.384. The lowest BCUT2D eigenvalue weighted by Crippen LogP contribution is -2.14. The summed E-state index contributed by atoms with van der Waals surface area (Å²) in [5.74, 6) is -2.27. The zero-order valence-corrected chi connectivity index (χ0v) is 13.6. The van der Waals surface area contributed by atoms with Gasteiger partial charge in [0.15, 0.2) is 11.6 Å². The molecule has 2 aromatic carbocycles. The Morgan fingerprint density at radius 3 is 2.35 bits per heavy atom. The second-order valence-corrected chi connectivity index (χ2v) is 4.93. The van der Waals surface area contributed by atoms with Gasteiger partial charge in [-0.1, -0.05) is 12.1 Å². The molecule has 0 aromatic heterocycles. The Morgan fingerprint density at radius 2 is 1.73 bits per heavy atom. The maximum absolute atomic E-state index is 13.4. The number of non-ortho nitro benzene ring substituents is 1. The standard InChI is InChI=1S/C17H14FNO7/c1-24-16(20)11-8-12(10-13(9-11)19(22)23)17(21)26-7-6-25-15-5-3-2-4-14(15)18/h2-5,8-10H,6-7H2,1H3. The van der Waals surface area contributed by atoms with E-state index >= 15 is 0 Å². The van der Waals surface area contributed by atoms with Crippen molar-refractivity contribution in [3.8, 4) is 5.75 Å². The van der Waals surface area contributed by atoms with Crippen LogP contribution in [-0.4, -0.2) is 37.2 Å². The van der Waals surface area contributed by atoms with Gasteiger partial charge in [0.25, 0.3) is 5.69 Å². The monoisotopic (exact) mass is 363 g/mol. The second kappa shape index (κ2) is 8.56. The van der Waals surface area contributed by atoms with Gasteiger partial charge in [-0.3, -0.25) is 10.1 Å². The molecule has 0 spiro atoms. The molecule has 0 amide bonds. The van der Waals surface area contributed by atoms with Crippen LogP contribution in [0.2, 0.25) is 0 Å². The summed E-state index contributed by atoms with van der Waals surface area (Å²) in [5.41, 5.74) is -0.802. The van der Waals surface area contributed by atoms with Crippen LogP contribution in [0.15, 0.2) is 42.5 Å². The van der Waals surface area contributed by atoms with Crippen LogP contribution in [0, 0.1) is 15.9 Å². The fraction of sp³-hybridized carbons (Fsp3) is 0.176. The maximum atomic E-state index is 13.4. The summed E-state index contributed by atoms with van der Waals surface area (Å²) in [6, 6.07) is 8.82. The number of hydrogen-bond acceptors (Lipinski definition) is 7. The zero-order chi connectivity index (χ0) is 19.1. The number of carbonyl (C=O) groups is 2. The summed E-state index contributed by atoms with van der Waals surface area (Å²) in [4.78, 5) is 33.8. The van der Waals surface area contributed by atoms with Crippen LogP contribution in [0.1, 0.15) is 20.7 Å². The quantitative estimate of drug-likeness (QED) is 0.322. The van der Waals surface area contributed by atoms with E-state index in [-0.39, 0.29) is 30.1 Å². The van der Waals surface area contributed by atoms with Crippen molar-refractivity contribution in [2.75, 3.05) is 20.3 Å². The molecule has 0 radical (unpaired) electrons. The summed E-state index contributed by atoms with van der Waals surface area (Å²) in [7, 11) is 1.11. The van der Waals surface area contributed by atoms with E-state index in [0.717, 1.165) is 25.3 Å². The molecule has 0 fully saturated rings. The number of benzene rings is 2. The molecule has 0 unspecified atom stereocenters. The molecule has 0 bridgehead atoms. The number of hydrogen-bond donors (Lipinski definition) is 0. The first-order chi connectivity index (χ1) is 12.4. The fourth-order valence-electron chi connectivity index (χ4n) is 2.00. The highest BCUT2D eigenvalue weighted by Gasteiger charge is 2.19. The maximum Gasteiger partial charge on any atom is 0.338 e. The van der Waals surface area contributed by atoms with Gasteiger partial charge in [-0.25, -0.2) is 14.0 Å². The molecule has 0 N–H and O–H groups in total. The molecule has 2 rings (SSSR count). The average Bonchev–Trinajstić information content (AvgIpc) is 2.65. The first kappa shape index (κ1) is 18.8. The van der Waals surface area contributed by atoms with Gasteiger partial charge in [0.1, 0.15) is 13.2 Å². The van der Waals surface area contributed by atoms with E-state index in [2.05, 4.69) is 4.74 Å². The highest BCUT2D eigenvalue weighted by atomic mass is 19.1. The molecule has 0 saturated heterocycles. The van der Waals surface area contributed by atoms with Gasteiger partial charge in [0, 0.05) is 12.1 Å². The normalized spacial score (nSPS) is 10.1. The van der Waals surface area contributed by atoms with Crippen molar-refractivity contribution in [2.24, 2.45) is 0 Å². The van der Waals surface area contributed by atoms with Crippen molar-refractivity contribution >= 4 is 17.6 Å². The minimum Gasteiger partial charge on any atom is -0.487 e. The zero-order valence-electron chi connectivity index (χ0n) is 13.6. The molecule has 0 heterocycles. The highest BCUT2D eigenvalue weighted by Crippen LogP contribution is 2.19. The highest BCUT2D eigenvalue weighted by molar-refractivity contribution is 5.96. The van der Waals surface area contributed by atoms with Gasteiger partial charge in [-0.05, 0) is 18.2 Å². The van der Waals surface area contributed by atoms with Crippen LogP contribution in [0.25, 0.3) is 0 Å². The number of esters is 2. The predicted molar refractivity (Wildman–Crippen MR) is 86.6 cm³/mol. The average molecular weight is 363 g/mol. The van der Waals surface area contributed by atoms with E-state index < -0.39 is 28.4 Å². The fourth-order valence-corrected chi connectivity index (χ4v) is 2.00. The molecule has 2 aromatic rings. The summed E-state index contributed by atoms with van der Waals surface area (Å²) < 4.78 is 27.9. The van der Waals surface area contributed by atoms with E-state index in [1.165, 1.54) is 18.2 Å². The van der Waals surface area contributed by atoms with Gasteiger partial charge in [-0.2, -0.15) is 0 Å². The Balaban J connectivity index is 2.02. The minimum atomic E-state index is -0.893. The molecule has 26 heavy (non-hydrogen) atoms. The molecular formula is C17H14FNO7. The SMILES string of the molecule is COC(=O)c1cc(C(=O)OCCOc2ccccc2F)cc([N+](=O)[O-])c1. The van der Waals surface area contributed by atoms with E-state index in [1.54, 1.807) is 6.07 Å². The van der Waals surface area contributed by atoms with Crippen molar-refractivity contribution in [3.63, 3.8) is 0 Å². The van der Waals surface area contributed by atoms with Gasteiger partial charge >= 0.3 is 11.9 Å². The number of methoxy groups -OCH3 is 1. The Labute approximate surface area is 147 Å². The molecule has 0 aliphatic heterocycles. The van der Waals surface area contributed by atoms with Crippen molar-refractivity contribution < 1.29 is 33.1 Å². The Kier molecular flexibility index (Phi) is 6.20. The number of halogens is 1. The van der Waals surface area contributed by atoms with E-state index in [1.807, 2.05) is 0 Å². The smallest absolute Gasteiger partial charge is 0.338 e. The van der Waals surface area contributed by atoms with E-state index in [4.69, 9.17) is 9.47 Å². The topological polar surface area (TPSA) is 105 Å². The molecule has 0 aliphatic rings. The largest absolute Gasteiger partial charge is 0.487 e. The molecule has 9 heteroatoms. The second-order valence-electron chi connectivity index (χ2n) is 4.93. The first-order valence-corrected chi connectivity index (χ1v) is 7.34. The van der Waals surface area contributed by atoms with Crippen molar-refractivity contribution in [2.45, 2.75) is 0 Å². The Bertz CT molecular complexity index is 838. The summed E-state index contributed by atoms with van der Waals surface area (Å²) >= 11 is 0. The molecular weight excluding hydrogens is 349 g/mol. The third-order valence-corrected chi connectivity index (χ3v) is 3.20. The minimum absolute atomic E-state index is 0.00637. The molecule has 136 valence electrons. The van der Waals surface area contributed by atoms with Gasteiger partial charge < -0.3 is 14.2 Å². The summed E-state index contributed by atoms with van der Waals surface area (Å²) in [5, 5.41) is 10.9. The van der Waals surface area contributed by atoms with Crippen LogP contribution in [0.4, 0.5) is 10.1 Å².